The molecule has 1 aromatic carbocycles. The fourth-order valence-electron chi connectivity index (χ4n) is 3.10. The second-order valence-electron chi connectivity index (χ2n) is 6.04. The quantitative estimate of drug-likeness (QED) is 0.472. The molecule has 1 aliphatic carbocycles. The van der Waals surface area contributed by atoms with Crippen molar-refractivity contribution < 1.29 is 14.8 Å². The van der Waals surface area contributed by atoms with E-state index in [1.165, 1.54) is 17.7 Å². The van der Waals surface area contributed by atoms with Gasteiger partial charge in [0.15, 0.2) is 0 Å². The van der Waals surface area contributed by atoms with E-state index in [0.717, 1.165) is 36.3 Å². The Morgan fingerprint density at radius 1 is 1.32 bits per heavy atom. The summed E-state index contributed by atoms with van der Waals surface area (Å²) in [5.41, 5.74) is 4.15. The number of allylic oxidation sites excluding steroid dienone is 1. The third-order valence-corrected chi connectivity index (χ3v) is 4.30. The minimum atomic E-state index is -0.781. The topological polar surface area (TPSA) is 98.3 Å². The van der Waals surface area contributed by atoms with Crippen LogP contribution in [0.15, 0.2) is 30.3 Å². The SMILES string of the molecule is O=C(O)CCC/C=C\c1nn(-c2ccc([N+](=O)[O-])cc2)c2c1CCC2. The summed E-state index contributed by atoms with van der Waals surface area (Å²) < 4.78 is 1.86. The molecule has 0 fully saturated rings. The van der Waals surface area contributed by atoms with Crippen LogP contribution in [0.2, 0.25) is 0 Å². The van der Waals surface area contributed by atoms with Crippen LogP contribution in [0.1, 0.15) is 42.6 Å². The maximum absolute atomic E-state index is 10.8. The van der Waals surface area contributed by atoms with E-state index < -0.39 is 10.9 Å². The van der Waals surface area contributed by atoms with Gasteiger partial charge in [-0.15, -0.1) is 0 Å². The lowest BCUT2D eigenvalue weighted by molar-refractivity contribution is -0.384. The number of rotatable bonds is 7. The normalized spacial score (nSPS) is 13.3. The molecule has 0 unspecified atom stereocenters. The number of carboxylic acids is 1. The van der Waals surface area contributed by atoms with E-state index >= 15 is 0 Å². The Morgan fingerprint density at radius 2 is 2.08 bits per heavy atom. The third-order valence-electron chi connectivity index (χ3n) is 4.30. The summed E-state index contributed by atoms with van der Waals surface area (Å²) in [5.74, 6) is -0.781. The van der Waals surface area contributed by atoms with Crippen molar-refractivity contribution in [1.29, 1.82) is 0 Å². The van der Waals surface area contributed by atoms with Crippen LogP contribution >= 0.6 is 0 Å². The molecule has 0 saturated heterocycles. The fourth-order valence-corrected chi connectivity index (χ4v) is 3.10. The Kier molecular flexibility index (Phi) is 4.92. The summed E-state index contributed by atoms with van der Waals surface area (Å²) in [6.07, 6.45) is 8.36. The molecule has 2 aromatic rings. The first-order valence-electron chi connectivity index (χ1n) is 8.30. The van der Waals surface area contributed by atoms with Crippen molar-refractivity contribution in [2.24, 2.45) is 0 Å². The smallest absolute Gasteiger partial charge is 0.303 e. The van der Waals surface area contributed by atoms with E-state index in [4.69, 9.17) is 5.11 Å². The summed E-state index contributed by atoms with van der Waals surface area (Å²) in [4.78, 5) is 20.9. The van der Waals surface area contributed by atoms with Crippen LogP contribution in [0.3, 0.4) is 0 Å². The molecule has 0 amide bonds. The predicted molar refractivity (Wildman–Crippen MR) is 92.8 cm³/mol. The first kappa shape index (κ1) is 16.9. The lowest BCUT2D eigenvalue weighted by Crippen LogP contribution is -2.01. The molecule has 1 aromatic heterocycles. The number of aromatic nitrogens is 2. The Morgan fingerprint density at radius 3 is 2.76 bits per heavy atom. The van der Waals surface area contributed by atoms with Gasteiger partial charge in [0.05, 0.1) is 16.3 Å². The molecule has 0 spiro atoms. The van der Waals surface area contributed by atoms with Gasteiger partial charge < -0.3 is 5.11 Å². The van der Waals surface area contributed by atoms with Crippen molar-refractivity contribution >= 4 is 17.7 Å². The standard InChI is InChI=1S/C18H19N3O4/c22-18(23)8-3-1-2-6-16-15-5-4-7-17(15)20(19-16)13-9-11-14(12-10-13)21(24)25/h2,6,9-12H,1,3-5,7-8H2,(H,22,23)/b6-2-. The van der Waals surface area contributed by atoms with Crippen molar-refractivity contribution in [2.45, 2.75) is 38.5 Å². The van der Waals surface area contributed by atoms with Crippen molar-refractivity contribution in [3.8, 4) is 5.69 Å². The van der Waals surface area contributed by atoms with Crippen LogP contribution in [-0.2, 0) is 17.6 Å². The number of benzene rings is 1. The highest BCUT2D eigenvalue weighted by Gasteiger charge is 2.22. The number of hydrogen-bond donors (Lipinski definition) is 1. The zero-order valence-electron chi connectivity index (χ0n) is 13.7. The van der Waals surface area contributed by atoms with Crippen molar-refractivity contribution in [1.82, 2.24) is 9.78 Å². The van der Waals surface area contributed by atoms with Crippen molar-refractivity contribution in [3.63, 3.8) is 0 Å². The van der Waals surface area contributed by atoms with Gasteiger partial charge in [0, 0.05) is 29.8 Å². The zero-order valence-corrected chi connectivity index (χ0v) is 13.7. The van der Waals surface area contributed by atoms with Crippen LogP contribution in [0.4, 0.5) is 5.69 Å². The molecule has 0 aliphatic heterocycles. The third kappa shape index (κ3) is 3.76. The largest absolute Gasteiger partial charge is 0.481 e. The lowest BCUT2D eigenvalue weighted by Gasteiger charge is -2.04. The highest BCUT2D eigenvalue weighted by molar-refractivity contribution is 5.66. The molecule has 7 heteroatoms. The first-order chi connectivity index (χ1) is 12.1. The summed E-state index contributed by atoms with van der Waals surface area (Å²) in [5, 5.41) is 24.1. The van der Waals surface area contributed by atoms with E-state index in [0.29, 0.717) is 12.8 Å². The number of aliphatic carboxylic acids is 1. The number of carbonyl (C=O) groups is 1. The number of hydrogen-bond acceptors (Lipinski definition) is 4. The molecule has 130 valence electrons. The van der Waals surface area contributed by atoms with E-state index in [1.807, 2.05) is 16.8 Å². The molecular formula is C18H19N3O4. The summed E-state index contributed by atoms with van der Waals surface area (Å²) >= 11 is 0. The molecule has 0 atom stereocenters. The Balaban J connectivity index is 1.81. The number of carboxylic acid groups (broad SMARTS) is 1. The minimum Gasteiger partial charge on any atom is -0.481 e. The Labute approximate surface area is 144 Å². The molecule has 7 nitrogen and oxygen atoms in total. The van der Waals surface area contributed by atoms with Crippen LogP contribution in [0.5, 0.6) is 0 Å². The second-order valence-corrected chi connectivity index (χ2v) is 6.04. The van der Waals surface area contributed by atoms with Crippen molar-refractivity contribution in [2.75, 3.05) is 0 Å². The molecular weight excluding hydrogens is 322 g/mol. The van der Waals surface area contributed by atoms with Gasteiger partial charge >= 0.3 is 5.97 Å². The van der Waals surface area contributed by atoms with Gasteiger partial charge in [0.1, 0.15) is 0 Å². The van der Waals surface area contributed by atoms with E-state index in [2.05, 4.69) is 5.10 Å². The summed E-state index contributed by atoms with van der Waals surface area (Å²) in [7, 11) is 0. The molecule has 0 radical (unpaired) electrons. The van der Waals surface area contributed by atoms with E-state index in [9.17, 15) is 14.9 Å². The predicted octanol–water partition coefficient (Wildman–Crippen LogP) is 3.54. The molecule has 1 N–H and O–H groups in total. The van der Waals surface area contributed by atoms with Gasteiger partial charge in [-0.3, -0.25) is 14.9 Å². The van der Waals surface area contributed by atoms with Gasteiger partial charge in [-0.05, 0) is 50.3 Å². The molecule has 1 aliphatic rings. The maximum atomic E-state index is 10.8. The molecule has 1 heterocycles. The second kappa shape index (κ2) is 7.29. The number of fused-ring (bicyclic) bond motifs is 1. The first-order valence-corrected chi connectivity index (χ1v) is 8.30. The number of nitro groups is 1. The number of nitro benzene ring substituents is 1. The molecule has 0 saturated carbocycles. The average Bonchev–Trinajstić information content (AvgIpc) is 3.18. The number of non-ortho nitro benzene ring substituents is 1. The lowest BCUT2D eigenvalue weighted by atomic mass is 10.1. The van der Waals surface area contributed by atoms with Gasteiger partial charge in [-0.2, -0.15) is 5.10 Å². The number of nitrogens with zero attached hydrogens (tertiary/aromatic N) is 3. The van der Waals surface area contributed by atoms with Gasteiger partial charge in [-0.1, -0.05) is 6.08 Å². The number of unbranched alkanes of at least 4 members (excludes halogenated alkanes) is 1. The van der Waals surface area contributed by atoms with Crippen LogP contribution in [-0.4, -0.2) is 25.8 Å². The van der Waals surface area contributed by atoms with Crippen LogP contribution in [0, 0.1) is 10.1 Å². The van der Waals surface area contributed by atoms with E-state index in [1.54, 1.807) is 12.1 Å². The minimum absolute atomic E-state index is 0.0612. The van der Waals surface area contributed by atoms with Crippen molar-refractivity contribution in [3.05, 3.63) is 57.4 Å². The summed E-state index contributed by atoms with van der Waals surface area (Å²) in [6, 6.07) is 6.40. The van der Waals surface area contributed by atoms with Crippen LogP contribution < -0.4 is 0 Å². The molecule has 3 rings (SSSR count). The Bertz CT molecular complexity index is 822. The van der Waals surface area contributed by atoms with Crippen LogP contribution in [0.25, 0.3) is 11.8 Å². The highest BCUT2D eigenvalue weighted by Crippen LogP contribution is 2.29. The summed E-state index contributed by atoms with van der Waals surface area (Å²) in [6.45, 7) is 0. The molecule has 25 heavy (non-hydrogen) atoms. The highest BCUT2D eigenvalue weighted by atomic mass is 16.6. The monoisotopic (exact) mass is 341 g/mol. The van der Waals surface area contributed by atoms with Gasteiger partial charge in [0.25, 0.3) is 5.69 Å². The zero-order chi connectivity index (χ0) is 17.8. The van der Waals surface area contributed by atoms with E-state index in [-0.39, 0.29) is 12.1 Å². The van der Waals surface area contributed by atoms with Gasteiger partial charge in [-0.25, -0.2) is 4.68 Å². The Hall–Kier alpha value is -2.96. The maximum Gasteiger partial charge on any atom is 0.303 e. The van der Waals surface area contributed by atoms with Gasteiger partial charge in [0.2, 0.25) is 0 Å². The fraction of sp³-hybridized carbons (Fsp3) is 0.333. The molecule has 0 bridgehead atoms. The average molecular weight is 341 g/mol.